The van der Waals surface area contributed by atoms with Crippen LogP contribution in [0.25, 0.3) is 82.2 Å². The van der Waals surface area contributed by atoms with Gasteiger partial charge in [-0.1, -0.05) is 118 Å². The lowest BCUT2D eigenvalue weighted by Gasteiger charge is -2.22. The Kier molecular flexibility index (Phi) is 11.7. The van der Waals surface area contributed by atoms with Crippen LogP contribution in [0, 0.1) is 0 Å². The molecule has 1 aliphatic rings. The Morgan fingerprint density at radius 3 is 1.68 bits per heavy atom. The second-order valence-electron chi connectivity index (χ2n) is 17.9. The fourth-order valence-corrected chi connectivity index (χ4v) is 11.2. The average molecular weight is 866 g/mol. The topological polar surface area (TPSA) is 109 Å². The van der Waals surface area contributed by atoms with Crippen molar-refractivity contribution in [3.63, 3.8) is 0 Å². The third kappa shape index (κ3) is 7.09. The summed E-state index contributed by atoms with van der Waals surface area (Å²) in [6.45, 7) is 0. The normalized spacial score (nSPS) is 13.2. The molecule has 0 atom stereocenters. The molecule has 19 heteroatoms. The number of fused-ring (bicyclic) bond motifs is 3. The minimum atomic E-state index is 0.0621. The van der Waals surface area contributed by atoms with Crippen molar-refractivity contribution in [1.82, 2.24) is 15.0 Å². The van der Waals surface area contributed by atoms with E-state index in [2.05, 4.69) is 61.7 Å². The highest BCUT2D eigenvalue weighted by Gasteiger charge is 2.29. The number of aromatic hydroxyl groups is 3. The zero-order valence-electron chi connectivity index (χ0n) is 39.8. The van der Waals surface area contributed by atoms with E-state index in [1.54, 1.807) is 18.4 Å². The van der Waals surface area contributed by atoms with Crippen LogP contribution < -0.4 is 38.2 Å². The number of hydrogen-bond acceptors (Lipinski definition) is 8. The lowest BCUT2D eigenvalue weighted by molar-refractivity contribution is 0.287. The van der Waals surface area contributed by atoms with E-state index in [4.69, 9.17) is 19.7 Å². The van der Waals surface area contributed by atoms with E-state index in [0.717, 1.165) is 97.7 Å². The zero-order valence-corrected chi connectivity index (χ0v) is 40.6. The largest absolute Gasteiger partial charge is 0.509 e. The maximum atomic E-state index is 12.5. The number of phenols is 3. The Morgan fingerprint density at radius 2 is 1.03 bits per heavy atom. The highest BCUT2D eigenvalue weighted by molar-refractivity contribution is 7.28. The van der Waals surface area contributed by atoms with E-state index in [0.29, 0.717) is 34.3 Å². The number of hydrogen-bond donors (Lipinski definition) is 3. The number of phenolic OH excluding ortho intramolecular Hbond substituents is 3. The molecule has 1 aliphatic carbocycles. The second kappa shape index (κ2) is 17.2. The standard InChI is InChI=1S/C47H44B11N3O4S/c1-65-25-16-23(48)32(51)35(54)33(52)26(25)22-15-24(49)40(62)30(31(22)50)47-60-45(21-14-8-7-13-20(21)19-12-6-5-11-18(19)17-9-3-2-4-10-17)59-46(61-47)29-27-28-34(53)36(55)42(64)39(58)44(28)66-43(27)38(57)37(56)41(29)63/h2-15,62-64H,16,48-58H2,1H3. The molecule has 7 nitrogen and oxygen atoms in total. The number of aromatic nitrogens is 3. The van der Waals surface area contributed by atoms with Crippen molar-refractivity contribution in [2.75, 3.05) is 7.11 Å². The van der Waals surface area contributed by atoms with Crippen LogP contribution in [0.2, 0.25) is 0 Å². The first-order valence-electron chi connectivity index (χ1n) is 22.4. The summed E-state index contributed by atoms with van der Waals surface area (Å²) in [6, 6.07) is 28.8. The minimum absolute atomic E-state index is 0.0621. The number of ether oxygens (including phenoxy) is 1. The first kappa shape index (κ1) is 44.9. The highest BCUT2D eigenvalue weighted by atomic mass is 32.1. The smallest absolute Gasteiger partial charge is 0.168 e. The number of allylic oxidation sites excluding steroid dienone is 5. The monoisotopic (exact) mass is 867 g/mol. The number of nitrogens with zero attached hydrogens (tertiary/aromatic N) is 3. The first-order chi connectivity index (χ1) is 31.5. The van der Waals surface area contributed by atoms with Gasteiger partial charge in [-0.25, -0.2) is 15.0 Å². The fraction of sp³-hybridized carbons (Fsp3) is 0.0426. The summed E-state index contributed by atoms with van der Waals surface area (Å²) in [4.78, 5) is 16.1. The third-order valence-electron chi connectivity index (χ3n) is 14.3. The average Bonchev–Trinajstić information content (AvgIpc) is 3.70. The molecule has 0 radical (unpaired) electrons. The zero-order chi connectivity index (χ0) is 47.0. The molecule has 0 bridgehead atoms. The van der Waals surface area contributed by atoms with Gasteiger partial charge in [-0.15, -0.1) is 27.8 Å². The van der Waals surface area contributed by atoms with Gasteiger partial charge in [-0.3, -0.25) is 0 Å². The summed E-state index contributed by atoms with van der Waals surface area (Å²) in [5.74, 6) is 2.17. The lowest BCUT2D eigenvalue weighted by atomic mass is 9.64. The summed E-state index contributed by atoms with van der Waals surface area (Å²) >= 11 is 1.61. The van der Waals surface area contributed by atoms with Gasteiger partial charge in [0, 0.05) is 32.3 Å². The quantitative estimate of drug-likeness (QED) is 0.138. The Hall–Kier alpha value is -6.32. The molecule has 0 fully saturated rings. The minimum Gasteiger partial charge on any atom is -0.509 e. The van der Waals surface area contributed by atoms with Gasteiger partial charge < -0.3 is 20.1 Å². The molecule has 66 heavy (non-hydrogen) atoms. The van der Waals surface area contributed by atoms with Crippen LogP contribution in [0.1, 0.15) is 12.0 Å². The van der Waals surface area contributed by atoms with Crippen molar-refractivity contribution in [2.45, 2.75) is 6.42 Å². The fourth-order valence-electron chi connectivity index (χ4n) is 9.82. The molecule has 2 aromatic heterocycles. The van der Waals surface area contributed by atoms with Gasteiger partial charge >= 0.3 is 0 Å². The van der Waals surface area contributed by atoms with Gasteiger partial charge in [0.1, 0.15) is 109 Å². The maximum absolute atomic E-state index is 12.5. The van der Waals surface area contributed by atoms with Gasteiger partial charge in [0.2, 0.25) is 0 Å². The Balaban J connectivity index is 1.42. The summed E-state index contributed by atoms with van der Waals surface area (Å²) < 4.78 is 8.12. The van der Waals surface area contributed by atoms with Crippen molar-refractivity contribution in [2.24, 2.45) is 0 Å². The van der Waals surface area contributed by atoms with Gasteiger partial charge in [-0.2, -0.15) is 0 Å². The van der Waals surface area contributed by atoms with Crippen molar-refractivity contribution in [1.29, 1.82) is 0 Å². The predicted molar refractivity (Wildman–Crippen MR) is 309 cm³/mol. The van der Waals surface area contributed by atoms with Crippen molar-refractivity contribution in [3.05, 3.63) is 118 Å². The van der Waals surface area contributed by atoms with Gasteiger partial charge in [-0.05, 0) is 44.1 Å². The molecule has 0 saturated heterocycles. The van der Waals surface area contributed by atoms with E-state index in [1.807, 2.05) is 110 Å². The molecule has 3 N–H and O–H groups in total. The molecule has 2 heterocycles. The van der Waals surface area contributed by atoms with E-state index >= 15 is 0 Å². The Bertz CT molecular complexity index is 3500. The first-order valence-corrected chi connectivity index (χ1v) is 23.2. The second-order valence-corrected chi connectivity index (χ2v) is 18.9. The number of rotatable bonds is 7. The SMILES string of the molecule is BC1=C(B)C(B)=C(B)C(c2cc(B)c(O)c(-c3nc(-c4ccccc4-c4ccccc4-c4ccccc4)nc(-c4c(O)c(B)c(B)c5sc6c(B)c(O)c(B)c(B)c6c45)n3)c2B)=C(OC)C1. The molecule has 0 spiro atoms. The summed E-state index contributed by atoms with van der Waals surface area (Å²) in [6.07, 6.45) is 0.648. The third-order valence-corrected chi connectivity index (χ3v) is 15.7. The van der Waals surface area contributed by atoms with Crippen LogP contribution in [0.15, 0.2) is 113 Å². The summed E-state index contributed by atoms with van der Waals surface area (Å²) in [7, 11) is 24.1. The van der Waals surface area contributed by atoms with Crippen LogP contribution in [-0.2, 0) is 4.74 Å². The highest BCUT2D eigenvalue weighted by Crippen LogP contribution is 2.44. The molecular weight excluding hydrogens is 822 g/mol. The summed E-state index contributed by atoms with van der Waals surface area (Å²) in [5.41, 5.74) is 18.0. The predicted octanol–water partition coefficient (Wildman–Crippen LogP) is -4.78. The number of benzene rings is 6. The van der Waals surface area contributed by atoms with Gasteiger partial charge in [0.05, 0.1) is 18.2 Å². The molecule has 0 saturated carbocycles. The van der Waals surface area contributed by atoms with Crippen LogP contribution >= 0.6 is 11.3 Å². The summed E-state index contributed by atoms with van der Waals surface area (Å²) in [5, 5.41) is 37.9. The Labute approximate surface area is 399 Å². The van der Waals surface area contributed by atoms with Crippen LogP contribution in [0.4, 0.5) is 0 Å². The molecule has 6 aromatic carbocycles. The van der Waals surface area contributed by atoms with Crippen molar-refractivity contribution in [3.8, 4) is 73.7 Å². The van der Waals surface area contributed by atoms with Gasteiger partial charge in [0.25, 0.3) is 0 Å². The van der Waals surface area contributed by atoms with E-state index < -0.39 is 0 Å². The Morgan fingerprint density at radius 1 is 0.485 bits per heavy atom. The molecule has 0 aliphatic heterocycles. The molecular formula is C47H44B11N3O4S. The van der Waals surface area contributed by atoms with E-state index in [9.17, 15) is 15.3 Å². The molecule has 0 amide bonds. The van der Waals surface area contributed by atoms with Crippen LogP contribution in [0.3, 0.4) is 0 Å². The van der Waals surface area contributed by atoms with Crippen LogP contribution in [0.5, 0.6) is 17.2 Å². The lowest BCUT2D eigenvalue weighted by Crippen LogP contribution is -2.31. The molecule has 0 unspecified atom stereocenters. The number of thiophene rings is 1. The molecule has 8 aromatic rings. The molecule has 9 rings (SSSR count). The molecule has 310 valence electrons. The maximum Gasteiger partial charge on any atom is 0.168 e. The van der Waals surface area contributed by atoms with Crippen molar-refractivity contribution < 1.29 is 20.1 Å². The van der Waals surface area contributed by atoms with E-state index in [-0.39, 0.29) is 28.9 Å². The van der Waals surface area contributed by atoms with Gasteiger partial charge in [0.15, 0.2) is 17.5 Å². The van der Waals surface area contributed by atoms with E-state index in [1.165, 1.54) is 16.4 Å². The van der Waals surface area contributed by atoms with Crippen LogP contribution in [-0.4, -0.2) is 124 Å². The van der Waals surface area contributed by atoms with Crippen molar-refractivity contribution >= 4 is 162 Å². The number of methoxy groups -OCH3 is 1.